The largest absolute Gasteiger partial charge is 0.508 e. The number of anilines is 1. The molecule has 2 rings (SSSR count). The molecule has 0 saturated carbocycles. The van der Waals surface area contributed by atoms with Crippen LogP contribution in [-0.4, -0.2) is 27.2 Å². The summed E-state index contributed by atoms with van der Waals surface area (Å²) in [5, 5.41) is 30.1. The standard InChI is InChI=1S/C14H10ClNO5/c15-10-2-1-3-11(12(10)14(20)21)16-13(19)7-4-8(17)6-9(18)5-7/h1-6,17-18H,(H,16,19)(H,20,21). The van der Waals surface area contributed by atoms with E-state index in [9.17, 15) is 19.8 Å². The predicted octanol–water partition coefficient (Wildman–Crippen LogP) is 2.70. The molecule has 6 nitrogen and oxygen atoms in total. The van der Waals surface area contributed by atoms with Crippen LogP contribution < -0.4 is 5.32 Å². The lowest BCUT2D eigenvalue weighted by molar-refractivity contribution is 0.0698. The maximum atomic E-state index is 12.0. The van der Waals surface area contributed by atoms with Crippen LogP contribution in [0.4, 0.5) is 5.69 Å². The number of aromatic hydroxyl groups is 2. The fourth-order valence-electron chi connectivity index (χ4n) is 1.77. The van der Waals surface area contributed by atoms with Gasteiger partial charge in [-0.25, -0.2) is 4.79 Å². The number of phenolic OH excluding ortho intramolecular Hbond substituents is 2. The van der Waals surface area contributed by atoms with E-state index in [2.05, 4.69) is 5.32 Å². The van der Waals surface area contributed by atoms with Gasteiger partial charge in [-0.15, -0.1) is 0 Å². The molecule has 0 aliphatic heterocycles. The molecule has 0 radical (unpaired) electrons. The molecule has 2 aromatic carbocycles. The normalized spacial score (nSPS) is 10.1. The van der Waals surface area contributed by atoms with Crippen LogP contribution in [0.2, 0.25) is 5.02 Å². The number of rotatable bonds is 3. The van der Waals surface area contributed by atoms with Crippen molar-refractivity contribution in [3.8, 4) is 11.5 Å². The molecule has 1 amide bonds. The highest BCUT2D eigenvalue weighted by molar-refractivity contribution is 6.34. The number of hydrogen-bond donors (Lipinski definition) is 4. The third kappa shape index (κ3) is 3.24. The Bertz CT molecular complexity index is 709. The van der Waals surface area contributed by atoms with Crippen LogP contribution in [0.5, 0.6) is 11.5 Å². The summed E-state index contributed by atoms with van der Waals surface area (Å²) in [6, 6.07) is 7.61. The van der Waals surface area contributed by atoms with Gasteiger partial charge in [0.15, 0.2) is 0 Å². The molecule has 0 atom stereocenters. The Morgan fingerprint density at radius 1 is 1.05 bits per heavy atom. The summed E-state index contributed by atoms with van der Waals surface area (Å²) in [4.78, 5) is 23.2. The second-order valence-electron chi connectivity index (χ2n) is 4.16. The van der Waals surface area contributed by atoms with E-state index >= 15 is 0 Å². The summed E-state index contributed by atoms with van der Waals surface area (Å²) in [5.41, 5.74) is -0.247. The smallest absolute Gasteiger partial charge is 0.339 e. The predicted molar refractivity (Wildman–Crippen MR) is 76.1 cm³/mol. The first-order valence-corrected chi connectivity index (χ1v) is 6.12. The molecule has 0 saturated heterocycles. The monoisotopic (exact) mass is 307 g/mol. The molecular formula is C14H10ClNO5. The van der Waals surface area contributed by atoms with E-state index in [1.54, 1.807) is 0 Å². The second kappa shape index (κ2) is 5.72. The minimum Gasteiger partial charge on any atom is -0.508 e. The average Bonchev–Trinajstić information content (AvgIpc) is 2.37. The lowest BCUT2D eigenvalue weighted by Gasteiger charge is -2.10. The van der Waals surface area contributed by atoms with E-state index in [4.69, 9.17) is 16.7 Å². The zero-order valence-electron chi connectivity index (χ0n) is 10.5. The Balaban J connectivity index is 2.36. The van der Waals surface area contributed by atoms with Gasteiger partial charge in [-0.1, -0.05) is 17.7 Å². The Kier molecular flexibility index (Phi) is 4.00. The van der Waals surface area contributed by atoms with Gasteiger partial charge in [-0.2, -0.15) is 0 Å². The lowest BCUT2D eigenvalue weighted by Crippen LogP contribution is -2.15. The summed E-state index contributed by atoms with van der Waals surface area (Å²) < 4.78 is 0. The zero-order valence-corrected chi connectivity index (χ0v) is 11.3. The molecule has 0 spiro atoms. The first kappa shape index (κ1) is 14.7. The van der Waals surface area contributed by atoms with Gasteiger partial charge in [0.2, 0.25) is 0 Å². The lowest BCUT2D eigenvalue weighted by atomic mass is 10.1. The van der Waals surface area contributed by atoms with Crippen LogP contribution in [0.3, 0.4) is 0 Å². The van der Waals surface area contributed by atoms with E-state index in [-0.39, 0.29) is 33.3 Å². The van der Waals surface area contributed by atoms with Crippen LogP contribution in [0.1, 0.15) is 20.7 Å². The van der Waals surface area contributed by atoms with E-state index < -0.39 is 11.9 Å². The van der Waals surface area contributed by atoms with E-state index in [1.165, 1.54) is 18.2 Å². The van der Waals surface area contributed by atoms with Gasteiger partial charge in [-0.05, 0) is 24.3 Å². The van der Waals surface area contributed by atoms with Gasteiger partial charge in [0.1, 0.15) is 17.1 Å². The summed E-state index contributed by atoms with van der Waals surface area (Å²) in [5.74, 6) is -2.55. The quantitative estimate of drug-likeness (QED) is 0.697. The number of amides is 1. The van der Waals surface area contributed by atoms with Crippen LogP contribution in [0.25, 0.3) is 0 Å². The van der Waals surface area contributed by atoms with Crippen LogP contribution in [-0.2, 0) is 0 Å². The zero-order chi connectivity index (χ0) is 15.6. The number of benzene rings is 2. The van der Waals surface area contributed by atoms with Crippen LogP contribution in [0, 0.1) is 0 Å². The fraction of sp³-hybridized carbons (Fsp3) is 0. The molecule has 0 bridgehead atoms. The van der Waals surface area contributed by atoms with Gasteiger partial charge in [-0.3, -0.25) is 4.79 Å². The Morgan fingerprint density at radius 3 is 2.24 bits per heavy atom. The van der Waals surface area contributed by atoms with Crippen molar-refractivity contribution in [1.29, 1.82) is 0 Å². The van der Waals surface area contributed by atoms with Crippen molar-refractivity contribution in [3.63, 3.8) is 0 Å². The van der Waals surface area contributed by atoms with Gasteiger partial charge in [0.05, 0.1) is 10.7 Å². The molecule has 0 fully saturated rings. The van der Waals surface area contributed by atoms with Crippen molar-refractivity contribution in [2.24, 2.45) is 0 Å². The highest BCUT2D eigenvalue weighted by atomic mass is 35.5. The third-order valence-corrected chi connectivity index (χ3v) is 2.96. The summed E-state index contributed by atoms with van der Waals surface area (Å²) in [7, 11) is 0. The van der Waals surface area contributed by atoms with Gasteiger partial charge in [0, 0.05) is 11.6 Å². The number of carboxylic acids is 1. The van der Waals surface area contributed by atoms with Crippen molar-refractivity contribution in [1.82, 2.24) is 0 Å². The first-order valence-electron chi connectivity index (χ1n) is 5.74. The average molecular weight is 308 g/mol. The number of halogens is 1. The van der Waals surface area contributed by atoms with Gasteiger partial charge in [0.25, 0.3) is 5.91 Å². The highest BCUT2D eigenvalue weighted by Gasteiger charge is 2.17. The number of aromatic carboxylic acids is 1. The Labute approximate surface area is 124 Å². The number of carbonyl (C=O) groups excluding carboxylic acids is 1. The Morgan fingerprint density at radius 2 is 1.67 bits per heavy atom. The van der Waals surface area contributed by atoms with E-state index in [0.29, 0.717) is 0 Å². The summed E-state index contributed by atoms with van der Waals surface area (Å²) in [6.45, 7) is 0. The Hall–Kier alpha value is -2.73. The molecule has 0 aliphatic rings. The van der Waals surface area contributed by atoms with Gasteiger partial charge < -0.3 is 20.6 Å². The van der Waals surface area contributed by atoms with Crippen molar-refractivity contribution in [2.45, 2.75) is 0 Å². The van der Waals surface area contributed by atoms with E-state index in [0.717, 1.165) is 18.2 Å². The maximum Gasteiger partial charge on any atom is 0.339 e. The summed E-state index contributed by atoms with van der Waals surface area (Å²) >= 11 is 5.79. The third-order valence-electron chi connectivity index (χ3n) is 2.64. The molecule has 2 aromatic rings. The fourth-order valence-corrected chi connectivity index (χ4v) is 2.02. The SMILES string of the molecule is O=C(Nc1cccc(Cl)c1C(=O)O)c1cc(O)cc(O)c1. The summed E-state index contributed by atoms with van der Waals surface area (Å²) in [6.07, 6.45) is 0. The molecule has 7 heteroatoms. The van der Waals surface area contributed by atoms with Crippen LogP contribution >= 0.6 is 11.6 Å². The molecule has 108 valence electrons. The minimum atomic E-state index is -1.28. The van der Waals surface area contributed by atoms with Crippen molar-refractivity contribution >= 4 is 29.2 Å². The van der Waals surface area contributed by atoms with Crippen molar-refractivity contribution in [3.05, 3.63) is 52.5 Å². The first-order chi connectivity index (χ1) is 9.88. The highest BCUT2D eigenvalue weighted by Crippen LogP contribution is 2.26. The van der Waals surface area contributed by atoms with Crippen molar-refractivity contribution < 1.29 is 24.9 Å². The number of nitrogens with one attached hydrogen (secondary N) is 1. The molecule has 4 N–H and O–H groups in total. The van der Waals surface area contributed by atoms with Gasteiger partial charge >= 0.3 is 5.97 Å². The molecular weight excluding hydrogens is 298 g/mol. The molecule has 0 aromatic heterocycles. The molecule has 0 heterocycles. The molecule has 0 unspecified atom stereocenters. The number of carboxylic acid groups (broad SMARTS) is 1. The molecule has 0 aliphatic carbocycles. The van der Waals surface area contributed by atoms with Crippen LogP contribution in [0.15, 0.2) is 36.4 Å². The second-order valence-corrected chi connectivity index (χ2v) is 4.57. The number of hydrogen-bond acceptors (Lipinski definition) is 4. The maximum absolute atomic E-state index is 12.0. The number of carbonyl (C=O) groups is 2. The molecule has 21 heavy (non-hydrogen) atoms. The minimum absolute atomic E-state index is 0.0148. The number of phenols is 2. The topological polar surface area (TPSA) is 107 Å². The van der Waals surface area contributed by atoms with Crippen molar-refractivity contribution in [2.75, 3.05) is 5.32 Å². The van der Waals surface area contributed by atoms with E-state index in [1.807, 2.05) is 0 Å².